The Hall–Kier alpha value is -2.54. The molecular formula is C24H28Cl2N4O2. The van der Waals surface area contributed by atoms with E-state index in [1.54, 1.807) is 19.5 Å². The van der Waals surface area contributed by atoms with E-state index in [-0.39, 0.29) is 24.8 Å². The number of benzene rings is 1. The average molecular weight is 475 g/mol. The van der Waals surface area contributed by atoms with Gasteiger partial charge in [0.1, 0.15) is 0 Å². The lowest BCUT2D eigenvalue weighted by Crippen LogP contribution is -2.21. The fraction of sp³-hybridized carbons (Fsp3) is 0.333. The summed E-state index contributed by atoms with van der Waals surface area (Å²) in [4.78, 5) is 14.8. The summed E-state index contributed by atoms with van der Waals surface area (Å²) in [5.41, 5.74) is 4.03. The molecule has 170 valence electrons. The van der Waals surface area contributed by atoms with Gasteiger partial charge in [0, 0.05) is 47.5 Å². The molecule has 1 aromatic carbocycles. The fourth-order valence-corrected chi connectivity index (χ4v) is 4.33. The monoisotopic (exact) mass is 474 g/mol. The summed E-state index contributed by atoms with van der Waals surface area (Å²) in [5, 5.41) is 2.16. The highest BCUT2D eigenvalue weighted by atomic mass is 35.5. The molecule has 4 heterocycles. The van der Waals surface area contributed by atoms with E-state index >= 15 is 0 Å². The molecule has 6 nitrogen and oxygen atoms in total. The molecule has 1 fully saturated rings. The molecule has 0 atom stereocenters. The normalized spacial score (nSPS) is 13.7. The minimum atomic E-state index is 0. The molecule has 5 rings (SSSR count). The molecule has 8 heteroatoms. The maximum atomic E-state index is 6.11. The molecule has 0 aliphatic carbocycles. The fourth-order valence-electron chi connectivity index (χ4n) is 4.33. The van der Waals surface area contributed by atoms with Gasteiger partial charge in [0.15, 0.2) is 11.5 Å². The summed E-state index contributed by atoms with van der Waals surface area (Å²) in [7, 11) is 1.69. The summed E-state index contributed by atoms with van der Waals surface area (Å²) in [6.07, 6.45) is 9.08. The molecule has 4 aromatic rings. The largest absolute Gasteiger partial charge is 0.493 e. The molecule has 1 aliphatic rings. The van der Waals surface area contributed by atoms with E-state index in [1.807, 2.05) is 30.5 Å². The number of hydrogen-bond donors (Lipinski definition) is 1. The van der Waals surface area contributed by atoms with Gasteiger partial charge in [-0.05, 0) is 56.6 Å². The van der Waals surface area contributed by atoms with Crippen molar-refractivity contribution in [1.29, 1.82) is 0 Å². The highest BCUT2D eigenvalue weighted by Gasteiger charge is 2.16. The van der Waals surface area contributed by atoms with E-state index in [0.717, 1.165) is 57.5 Å². The number of halogens is 2. The van der Waals surface area contributed by atoms with Crippen LogP contribution >= 0.6 is 24.8 Å². The van der Waals surface area contributed by atoms with Crippen molar-refractivity contribution in [2.75, 3.05) is 33.4 Å². The summed E-state index contributed by atoms with van der Waals surface area (Å²) in [6.45, 7) is 4.22. The number of nitrogens with one attached hydrogen (secondary N) is 1. The first-order valence-corrected chi connectivity index (χ1v) is 10.6. The number of likely N-dealkylation sites (tertiary alicyclic amines) is 1. The van der Waals surface area contributed by atoms with Crippen molar-refractivity contribution in [2.24, 2.45) is 0 Å². The molecule has 0 unspecified atom stereocenters. The van der Waals surface area contributed by atoms with Crippen molar-refractivity contribution in [2.45, 2.75) is 19.3 Å². The van der Waals surface area contributed by atoms with Crippen molar-refractivity contribution in [3.8, 4) is 22.8 Å². The predicted octanol–water partition coefficient (Wildman–Crippen LogP) is 5.50. The van der Waals surface area contributed by atoms with Crippen LogP contribution in [0.5, 0.6) is 11.5 Å². The average Bonchev–Trinajstić information content (AvgIpc) is 3.43. The number of aromatic nitrogens is 3. The van der Waals surface area contributed by atoms with Crippen molar-refractivity contribution in [3.05, 3.63) is 48.9 Å². The molecule has 1 N–H and O–H groups in total. The maximum absolute atomic E-state index is 6.11. The van der Waals surface area contributed by atoms with Gasteiger partial charge in [-0.1, -0.05) is 0 Å². The third-order valence-corrected chi connectivity index (χ3v) is 5.82. The van der Waals surface area contributed by atoms with E-state index in [4.69, 9.17) is 9.47 Å². The quantitative estimate of drug-likeness (QED) is 0.358. The van der Waals surface area contributed by atoms with Crippen LogP contribution in [0.1, 0.15) is 19.3 Å². The molecular weight excluding hydrogens is 447 g/mol. The van der Waals surface area contributed by atoms with Crippen molar-refractivity contribution in [3.63, 3.8) is 0 Å². The van der Waals surface area contributed by atoms with Crippen LogP contribution in [0.4, 0.5) is 0 Å². The number of H-pyrrole nitrogens is 1. The first kappa shape index (κ1) is 24.1. The van der Waals surface area contributed by atoms with Gasteiger partial charge < -0.3 is 19.4 Å². The summed E-state index contributed by atoms with van der Waals surface area (Å²) in [5.74, 6) is 1.52. The zero-order chi connectivity index (χ0) is 20.3. The number of fused-ring (bicyclic) bond motifs is 3. The lowest BCUT2D eigenvalue weighted by atomic mass is 10.1. The Morgan fingerprint density at radius 3 is 2.50 bits per heavy atom. The minimum absolute atomic E-state index is 0. The summed E-state index contributed by atoms with van der Waals surface area (Å²) in [6, 6.07) is 10.1. The molecule has 3 aromatic heterocycles. The number of ether oxygens (including phenoxy) is 2. The molecule has 32 heavy (non-hydrogen) atoms. The number of nitrogens with zero attached hydrogens (tertiary/aromatic N) is 3. The van der Waals surface area contributed by atoms with Crippen LogP contribution in [0.25, 0.3) is 33.1 Å². The molecule has 0 saturated carbocycles. The van der Waals surface area contributed by atoms with Gasteiger partial charge in [0.25, 0.3) is 0 Å². The van der Waals surface area contributed by atoms with Crippen LogP contribution in [-0.2, 0) is 0 Å². The van der Waals surface area contributed by atoms with Gasteiger partial charge in [0.05, 0.1) is 30.4 Å². The Bertz CT molecular complexity index is 1160. The number of methoxy groups -OCH3 is 1. The Labute approximate surface area is 200 Å². The van der Waals surface area contributed by atoms with Gasteiger partial charge in [-0.25, -0.2) is 0 Å². The molecule has 0 spiro atoms. The zero-order valence-electron chi connectivity index (χ0n) is 18.0. The molecule has 1 saturated heterocycles. The van der Waals surface area contributed by atoms with Gasteiger partial charge in [0.2, 0.25) is 0 Å². The minimum Gasteiger partial charge on any atom is -0.493 e. The standard InChI is InChI=1S/C24H26N4O2.2ClH/c1-29-21-15-18-20(16-22(21)30-14-4-13-28-11-2-3-12-28)27-19-7-10-26-24(23(18)19)17-5-8-25-9-6-17;;/h5-10,15-16,27H,2-4,11-14H2,1H3;2*1H. The Morgan fingerprint density at radius 2 is 1.75 bits per heavy atom. The maximum Gasteiger partial charge on any atom is 0.163 e. The van der Waals surface area contributed by atoms with Gasteiger partial charge in [-0.2, -0.15) is 0 Å². The summed E-state index contributed by atoms with van der Waals surface area (Å²) < 4.78 is 11.8. The summed E-state index contributed by atoms with van der Waals surface area (Å²) >= 11 is 0. The molecule has 0 radical (unpaired) electrons. The number of aromatic amines is 1. The van der Waals surface area contributed by atoms with Crippen LogP contribution in [0.2, 0.25) is 0 Å². The first-order chi connectivity index (χ1) is 14.8. The highest BCUT2D eigenvalue weighted by Crippen LogP contribution is 2.39. The second kappa shape index (κ2) is 10.9. The van der Waals surface area contributed by atoms with Crippen LogP contribution in [0.3, 0.4) is 0 Å². The second-order valence-corrected chi connectivity index (χ2v) is 7.74. The molecule has 0 amide bonds. The second-order valence-electron chi connectivity index (χ2n) is 7.74. The molecule has 1 aliphatic heterocycles. The lowest BCUT2D eigenvalue weighted by molar-refractivity contribution is 0.254. The van der Waals surface area contributed by atoms with Gasteiger partial charge >= 0.3 is 0 Å². The van der Waals surface area contributed by atoms with Crippen molar-refractivity contribution in [1.82, 2.24) is 19.9 Å². The number of rotatable bonds is 7. The van der Waals surface area contributed by atoms with E-state index in [2.05, 4.69) is 25.9 Å². The highest BCUT2D eigenvalue weighted by molar-refractivity contribution is 6.13. The Morgan fingerprint density at radius 1 is 0.969 bits per heavy atom. The SMILES string of the molecule is COc1cc2c(cc1OCCCN1CCCC1)[nH]c1ccnc(-c3ccncc3)c12.Cl.Cl. The van der Waals surface area contributed by atoms with Crippen LogP contribution in [0.15, 0.2) is 48.9 Å². The third kappa shape index (κ3) is 4.77. The Balaban J connectivity index is 0.00000144. The Kier molecular flexibility index (Phi) is 8.18. The van der Waals surface area contributed by atoms with E-state index in [0.29, 0.717) is 6.61 Å². The van der Waals surface area contributed by atoms with Crippen molar-refractivity contribution >= 4 is 46.6 Å². The third-order valence-electron chi connectivity index (χ3n) is 5.82. The van der Waals surface area contributed by atoms with Crippen LogP contribution in [0, 0.1) is 0 Å². The van der Waals surface area contributed by atoms with E-state index in [1.165, 1.54) is 25.9 Å². The first-order valence-electron chi connectivity index (χ1n) is 10.6. The van der Waals surface area contributed by atoms with Crippen molar-refractivity contribution < 1.29 is 9.47 Å². The van der Waals surface area contributed by atoms with E-state index in [9.17, 15) is 0 Å². The molecule has 0 bridgehead atoms. The number of pyridine rings is 2. The van der Waals surface area contributed by atoms with Gasteiger partial charge in [-0.15, -0.1) is 24.8 Å². The van der Waals surface area contributed by atoms with E-state index < -0.39 is 0 Å². The smallest absolute Gasteiger partial charge is 0.163 e. The topological polar surface area (TPSA) is 63.3 Å². The zero-order valence-corrected chi connectivity index (χ0v) is 19.7. The van der Waals surface area contributed by atoms with Crippen LogP contribution < -0.4 is 9.47 Å². The predicted molar refractivity (Wildman–Crippen MR) is 134 cm³/mol. The van der Waals surface area contributed by atoms with Crippen LogP contribution in [-0.4, -0.2) is 53.2 Å². The lowest BCUT2D eigenvalue weighted by Gasteiger charge is -2.15. The number of hydrogen-bond acceptors (Lipinski definition) is 5. The van der Waals surface area contributed by atoms with Gasteiger partial charge in [-0.3, -0.25) is 9.97 Å².